The Labute approximate surface area is 170 Å². The van der Waals surface area contributed by atoms with Gasteiger partial charge in [-0.2, -0.15) is 0 Å². The van der Waals surface area contributed by atoms with Gasteiger partial charge in [0, 0.05) is 0 Å². The lowest BCUT2D eigenvalue weighted by Gasteiger charge is -2.32. The fourth-order valence-corrected chi connectivity index (χ4v) is 5.48. The molecule has 0 aromatic heterocycles. The van der Waals surface area contributed by atoms with E-state index in [-0.39, 0.29) is 18.3 Å². The largest absolute Gasteiger partial charge is 0.494 e. The third-order valence-electron chi connectivity index (χ3n) is 5.42. The predicted molar refractivity (Wildman–Crippen MR) is 123 cm³/mol. The molecule has 2 aromatic carbocycles. The summed E-state index contributed by atoms with van der Waals surface area (Å²) in [7, 11) is -1.11. The maximum Gasteiger partial charge on any atom is 0.494 e. The molecular formula is C24H28BO2P. The minimum absolute atomic E-state index is 0.354. The van der Waals surface area contributed by atoms with Crippen molar-refractivity contribution < 1.29 is 9.31 Å². The van der Waals surface area contributed by atoms with Gasteiger partial charge in [-0.25, -0.2) is 0 Å². The van der Waals surface area contributed by atoms with E-state index in [0.717, 1.165) is 5.46 Å². The molecule has 0 saturated carbocycles. The third kappa shape index (κ3) is 4.08. The van der Waals surface area contributed by atoms with Crippen molar-refractivity contribution >= 4 is 31.1 Å². The fourth-order valence-electron chi connectivity index (χ4n) is 3.17. The Morgan fingerprint density at radius 1 is 0.893 bits per heavy atom. The molecule has 0 aliphatic carbocycles. The van der Waals surface area contributed by atoms with E-state index in [1.165, 1.54) is 15.9 Å². The van der Waals surface area contributed by atoms with Crippen LogP contribution in [-0.2, 0) is 9.31 Å². The number of hydrogen-bond donors (Lipinski definition) is 0. The molecule has 3 rings (SSSR count). The lowest BCUT2D eigenvalue weighted by molar-refractivity contribution is 0.00578. The minimum atomic E-state index is -0.738. The maximum absolute atomic E-state index is 6.26. The van der Waals surface area contributed by atoms with Gasteiger partial charge in [-0.15, -0.1) is 0 Å². The average molecular weight is 390 g/mol. The Morgan fingerprint density at radius 2 is 1.50 bits per heavy atom. The van der Waals surface area contributed by atoms with Crippen molar-refractivity contribution in [2.24, 2.45) is 0 Å². The molecule has 1 aliphatic heterocycles. The van der Waals surface area contributed by atoms with Crippen molar-refractivity contribution in [1.29, 1.82) is 0 Å². The van der Waals surface area contributed by atoms with E-state index in [0.29, 0.717) is 0 Å². The van der Waals surface area contributed by atoms with Crippen LogP contribution in [0.5, 0.6) is 0 Å². The highest BCUT2D eigenvalue weighted by Gasteiger charge is 2.51. The summed E-state index contributed by atoms with van der Waals surface area (Å²) in [5.41, 5.74) is 0.335. The fraction of sp³-hybridized carbons (Fsp3) is 0.250. The van der Waals surface area contributed by atoms with Crippen LogP contribution >= 0.6 is 7.92 Å². The highest BCUT2D eigenvalue weighted by Crippen LogP contribution is 2.43. The van der Waals surface area contributed by atoms with Gasteiger partial charge >= 0.3 is 7.12 Å². The normalized spacial score (nSPS) is 19.3. The summed E-state index contributed by atoms with van der Waals surface area (Å²) < 4.78 is 12.5. The quantitative estimate of drug-likeness (QED) is 0.405. The molecule has 1 saturated heterocycles. The van der Waals surface area contributed by atoms with E-state index < -0.39 is 7.92 Å². The van der Waals surface area contributed by atoms with E-state index in [9.17, 15) is 0 Å². The van der Waals surface area contributed by atoms with Crippen LogP contribution in [0.1, 0.15) is 27.7 Å². The van der Waals surface area contributed by atoms with Crippen LogP contribution in [0.4, 0.5) is 0 Å². The predicted octanol–water partition coefficient (Wildman–Crippen LogP) is 4.67. The van der Waals surface area contributed by atoms with Gasteiger partial charge in [-0.3, -0.25) is 0 Å². The molecule has 1 unspecified atom stereocenters. The Kier molecular flexibility index (Phi) is 6.10. The lowest BCUT2D eigenvalue weighted by atomic mass is 9.79. The second kappa shape index (κ2) is 8.21. The van der Waals surface area contributed by atoms with Gasteiger partial charge in [0.1, 0.15) is 0 Å². The number of benzene rings is 2. The second-order valence-corrected chi connectivity index (χ2v) is 10.1. The summed E-state index contributed by atoms with van der Waals surface area (Å²) in [6.07, 6.45) is 5.81. The molecule has 0 spiro atoms. The van der Waals surface area contributed by atoms with Gasteiger partial charge in [0.25, 0.3) is 0 Å². The van der Waals surface area contributed by atoms with Crippen LogP contribution in [0.2, 0.25) is 0 Å². The highest BCUT2D eigenvalue weighted by molar-refractivity contribution is 7.77. The van der Waals surface area contributed by atoms with Gasteiger partial charge in [-0.05, 0) is 57.0 Å². The topological polar surface area (TPSA) is 18.5 Å². The van der Waals surface area contributed by atoms with Crippen LogP contribution in [0.25, 0.3) is 0 Å². The molecule has 1 heterocycles. The summed E-state index contributed by atoms with van der Waals surface area (Å²) in [6, 6.07) is 19.1. The molecule has 4 heteroatoms. The first-order chi connectivity index (χ1) is 13.3. The van der Waals surface area contributed by atoms with Crippen molar-refractivity contribution in [1.82, 2.24) is 0 Å². The highest BCUT2D eigenvalue weighted by atomic mass is 31.1. The van der Waals surface area contributed by atoms with E-state index in [4.69, 9.17) is 9.31 Å². The van der Waals surface area contributed by atoms with Crippen molar-refractivity contribution in [3.8, 4) is 0 Å². The Balaban J connectivity index is 2.04. The first-order valence-electron chi connectivity index (χ1n) is 9.55. The molecule has 1 atom stereocenters. The molecule has 2 nitrogen and oxygen atoms in total. The lowest BCUT2D eigenvalue weighted by Crippen LogP contribution is -2.41. The molecule has 1 aliphatic rings. The monoisotopic (exact) mass is 390 g/mol. The third-order valence-corrected chi connectivity index (χ3v) is 7.88. The first-order valence-corrected chi connectivity index (χ1v) is 10.9. The van der Waals surface area contributed by atoms with Gasteiger partial charge < -0.3 is 9.31 Å². The summed E-state index contributed by atoms with van der Waals surface area (Å²) in [5, 5.41) is 3.68. The molecule has 28 heavy (non-hydrogen) atoms. The Bertz CT molecular complexity index is 870. The van der Waals surface area contributed by atoms with Crippen LogP contribution in [0, 0.1) is 0 Å². The van der Waals surface area contributed by atoms with E-state index in [1.807, 2.05) is 24.3 Å². The molecule has 0 N–H and O–H groups in total. The van der Waals surface area contributed by atoms with Gasteiger partial charge in [0.05, 0.1) is 11.2 Å². The van der Waals surface area contributed by atoms with Gasteiger partial charge in [0.15, 0.2) is 0 Å². The average Bonchev–Trinajstić information content (AvgIpc) is 2.90. The van der Waals surface area contributed by atoms with E-state index in [1.54, 1.807) is 0 Å². The van der Waals surface area contributed by atoms with Gasteiger partial charge in [-0.1, -0.05) is 86.0 Å². The van der Waals surface area contributed by atoms with Crippen molar-refractivity contribution in [2.75, 3.05) is 0 Å². The Morgan fingerprint density at radius 3 is 2.07 bits per heavy atom. The first kappa shape index (κ1) is 20.8. The SMILES string of the molecule is C=C/C=C(\C=C)P(c1ccccc1)c1cccc(B2OC(C)(C)C(C)(C)O2)c1. The molecule has 0 amide bonds. The molecule has 0 bridgehead atoms. The standard InChI is InChI=1S/C24H28BO2P/c1-7-13-20(8-2)28(21-15-10-9-11-16-21)22-17-12-14-19(18-22)25-26-23(3,4)24(5,6)27-25/h7-18H,1-2H2,3-6H3/b20-13+. The van der Waals surface area contributed by atoms with E-state index >= 15 is 0 Å². The minimum Gasteiger partial charge on any atom is -0.399 e. The zero-order chi connectivity index (χ0) is 20.4. The summed E-state index contributed by atoms with van der Waals surface area (Å²) in [4.78, 5) is 0. The van der Waals surface area contributed by atoms with Crippen LogP contribution in [-0.4, -0.2) is 18.3 Å². The Hall–Kier alpha value is -1.93. The molecule has 144 valence electrons. The smallest absolute Gasteiger partial charge is 0.399 e. The molecule has 2 aromatic rings. The second-order valence-electron chi connectivity index (χ2n) is 7.89. The molecule has 1 fully saturated rings. The zero-order valence-electron chi connectivity index (χ0n) is 17.2. The van der Waals surface area contributed by atoms with Crippen LogP contribution in [0.3, 0.4) is 0 Å². The van der Waals surface area contributed by atoms with Gasteiger partial charge in [0.2, 0.25) is 0 Å². The van der Waals surface area contributed by atoms with Crippen LogP contribution < -0.4 is 16.1 Å². The maximum atomic E-state index is 6.26. The summed E-state index contributed by atoms with van der Waals surface area (Å²) >= 11 is 0. The van der Waals surface area contributed by atoms with Crippen molar-refractivity contribution in [3.63, 3.8) is 0 Å². The number of allylic oxidation sites excluding steroid dienone is 4. The molecule has 0 radical (unpaired) electrons. The number of hydrogen-bond acceptors (Lipinski definition) is 2. The molecular weight excluding hydrogens is 362 g/mol. The number of rotatable bonds is 6. The van der Waals surface area contributed by atoms with Crippen molar-refractivity contribution in [3.05, 3.63) is 91.3 Å². The summed E-state index contributed by atoms with van der Waals surface area (Å²) in [5.74, 6) is 0. The van der Waals surface area contributed by atoms with Crippen LogP contribution in [0.15, 0.2) is 91.3 Å². The zero-order valence-corrected chi connectivity index (χ0v) is 18.1. The van der Waals surface area contributed by atoms with Crippen molar-refractivity contribution in [2.45, 2.75) is 38.9 Å². The summed E-state index contributed by atoms with van der Waals surface area (Å²) in [6.45, 7) is 16.2. The van der Waals surface area contributed by atoms with E-state index in [2.05, 4.69) is 89.4 Å².